The Morgan fingerprint density at radius 3 is 1.90 bits per heavy atom. The summed E-state index contributed by atoms with van der Waals surface area (Å²) in [5, 5.41) is 0. The molecule has 29 heavy (non-hydrogen) atoms. The summed E-state index contributed by atoms with van der Waals surface area (Å²) in [4.78, 5) is 24.2. The summed E-state index contributed by atoms with van der Waals surface area (Å²) in [5.74, 6) is -2.38. The van der Waals surface area contributed by atoms with Crippen LogP contribution in [-0.2, 0) is 4.74 Å². The molecule has 3 aromatic carbocycles. The number of hydrogen-bond acceptors (Lipinski definition) is 4. The van der Waals surface area contributed by atoms with Crippen molar-refractivity contribution in [3.63, 3.8) is 0 Å². The molecule has 0 saturated carbocycles. The van der Waals surface area contributed by atoms with E-state index in [1.807, 2.05) is 43.3 Å². The van der Waals surface area contributed by atoms with Gasteiger partial charge in [0.15, 0.2) is 11.6 Å². The average molecular weight is 392 g/mol. The molecule has 148 valence electrons. The van der Waals surface area contributed by atoms with Crippen LogP contribution in [0.1, 0.15) is 40.1 Å². The lowest BCUT2D eigenvalue weighted by Crippen LogP contribution is -2.13. The van der Waals surface area contributed by atoms with Crippen LogP contribution >= 0.6 is 0 Å². The van der Waals surface area contributed by atoms with Gasteiger partial charge in [-0.15, -0.1) is 0 Å². The second-order valence-corrected chi connectivity index (χ2v) is 6.93. The monoisotopic (exact) mass is 392 g/mol. The van der Waals surface area contributed by atoms with Crippen LogP contribution < -0.4 is 4.74 Å². The van der Waals surface area contributed by atoms with Crippen LogP contribution in [0.3, 0.4) is 0 Å². The molecular weight excluding hydrogens is 371 g/mol. The van der Waals surface area contributed by atoms with E-state index >= 15 is 0 Å². The Balaban J connectivity index is 1.71. The Labute approximate surface area is 168 Å². The predicted molar refractivity (Wildman–Crippen MR) is 109 cm³/mol. The number of esters is 2. The molecule has 0 atom stereocenters. The van der Waals surface area contributed by atoms with E-state index < -0.39 is 17.8 Å². The molecule has 0 fully saturated rings. The standard InChI is InChI=1S/C24H21FO4/c1-15(2)28-24(27)20-12-13-22(21(25)14-20)29-23(26)19-10-8-18(9-11-19)17-6-4-16(3)5-7-17/h4-15H,1-3H3. The fourth-order valence-electron chi connectivity index (χ4n) is 2.70. The van der Waals surface area contributed by atoms with Crippen LogP contribution in [-0.4, -0.2) is 18.0 Å². The number of carbonyl (C=O) groups excluding carboxylic acids is 2. The van der Waals surface area contributed by atoms with Crippen molar-refractivity contribution < 1.29 is 23.5 Å². The number of halogens is 1. The van der Waals surface area contributed by atoms with Crippen molar-refractivity contribution in [1.29, 1.82) is 0 Å². The zero-order valence-corrected chi connectivity index (χ0v) is 16.4. The molecule has 5 heteroatoms. The minimum absolute atomic E-state index is 0.0541. The summed E-state index contributed by atoms with van der Waals surface area (Å²) in [5.41, 5.74) is 3.51. The van der Waals surface area contributed by atoms with E-state index in [-0.39, 0.29) is 17.4 Å². The van der Waals surface area contributed by atoms with Gasteiger partial charge in [0.25, 0.3) is 0 Å². The summed E-state index contributed by atoms with van der Waals surface area (Å²) in [6.07, 6.45) is -0.314. The van der Waals surface area contributed by atoms with Crippen LogP contribution in [0.2, 0.25) is 0 Å². The van der Waals surface area contributed by atoms with Gasteiger partial charge in [-0.25, -0.2) is 14.0 Å². The Bertz CT molecular complexity index is 1020. The SMILES string of the molecule is Cc1ccc(-c2ccc(C(=O)Oc3ccc(C(=O)OC(C)C)cc3F)cc2)cc1. The van der Waals surface area contributed by atoms with E-state index in [4.69, 9.17) is 9.47 Å². The molecule has 0 amide bonds. The number of rotatable bonds is 5. The first-order valence-electron chi connectivity index (χ1n) is 9.23. The van der Waals surface area contributed by atoms with Crippen molar-refractivity contribution >= 4 is 11.9 Å². The van der Waals surface area contributed by atoms with Crippen molar-refractivity contribution in [2.45, 2.75) is 26.9 Å². The summed E-state index contributed by atoms with van der Waals surface area (Å²) in [7, 11) is 0. The molecule has 3 aromatic rings. The summed E-state index contributed by atoms with van der Waals surface area (Å²) in [6.45, 7) is 5.42. The maximum atomic E-state index is 14.3. The number of carbonyl (C=O) groups is 2. The third kappa shape index (κ3) is 5.08. The Kier molecular flexibility index (Phi) is 6.07. The highest BCUT2D eigenvalue weighted by Gasteiger charge is 2.16. The van der Waals surface area contributed by atoms with Gasteiger partial charge in [0.05, 0.1) is 17.2 Å². The lowest BCUT2D eigenvalue weighted by Gasteiger charge is -2.10. The molecule has 0 unspecified atom stereocenters. The summed E-state index contributed by atoms with van der Waals surface area (Å²) in [6, 6.07) is 18.5. The minimum Gasteiger partial charge on any atom is -0.459 e. The summed E-state index contributed by atoms with van der Waals surface area (Å²) >= 11 is 0. The Morgan fingerprint density at radius 1 is 0.793 bits per heavy atom. The zero-order chi connectivity index (χ0) is 21.0. The van der Waals surface area contributed by atoms with Gasteiger partial charge in [-0.2, -0.15) is 0 Å². The van der Waals surface area contributed by atoms with Gasteiger partial charge in [0, 0.05) is 0 Å². The topological polar surface area (TPSA) is 52.6 Å². The fourth-order valence-corrected chi connectivity index (χ4v) is 2.70. The Morgan fingerprint density at radius 2 is 1.34 bits per heavy atom. The van der Waals surface area contributed by atoms with Crippen LogP contribution in [0.4, 0.5) is 4.39 Å². The van der Waals surface area contributed by atoms with E-state index in [0.717, 1.165) is 17.2 Å². The molecule has 0 radical (unpaired) electrons. The molecule has 0 aliphatic rings. The maximum Gasteiger partial charge on any atom is 0.343 e. The molecule has 0 aromatic heterocycles. The van der Waals surface area contributed by atoms with Crippen molar-refractivity contribution in [2.24, 2.45) is 0 Å². The highest BCUT2D eigenvalue weighted by atomic mass is 19.1. The van der Waals surface area contributed by atoms with E-state index in [9.17, 15) is 14.0 Å². The molecule has 0 spiro atoms. The van der Waals surface area contributed by atoms with Crippen LogP contribution in [0.25, 0.3) is 11.1 Å². The van der Waals surface area contributed by atoms with Crippen molar-refractivity contribution in [1.82, 2.24) is 0 Å². The second kappa shape index (κ2) is 8.69. The van der Waals surface area contributed by atoms with Gasteiger partial charge in [-0.05, 0) is 62.2 Å². The van der Waals surface area contributed by atoms with Crippen molar-refractivity contribution in [3.05, 3.63) is 89.2 Å². The summed E-state index contributed by atoms with van der Waals surface area (Å²) < 4.78 is 24.4. The molecule has 0 N–H and O–H groups in total. The molecule has 0 saturated heterocycles. The van der Waals surface area contributed by atoms with Gasteiger partial charge in [-0.1, -0.05) is 42.0 Å². The first-order chi connectivity index (χ1) is 13.8. The molecule has 0 bridgehead atoms. The van der Waals surface area contributed by atoms with Gasteiger partial charge in [0.1, 0.15) is 0 Å². The zero-order valence-electron chi connectivity index (χ0n) is 16.4. The predicted octanol–water partition coefficient (Wildman–Crippen LogP) is 5.59. The average Bonchev–Trinajstić information content (AvgIpc) is 2.69. The third-order valence-corrected chi connectivity index (χ3v) is 4.22. The number of aryl methyl sites for hydroxylation is 1. The molecule has 0 aliphatic heterocycles. The quantitative estimate of drug-likeness (QED) is 0.420. The smallest absolute Gasteiger partial charge is 0.343 e. The van der Waals surface area contributed by atoms with Gasteiger partial charge >= 0.3 is 11.9 Å². The largest absolute Gasteiger partial charge is 0.459 e. The lowest BCUT2D eigenvalue weighted by molar-refractivity contribution is 0.0377. The molecule has 0 aliphatic carbocycles. The maximum absolute atomic E-state index is 14.3. The van der Waals surface area contributed by atoms with Crippen LogP contribution in [0, 0.1) is 12.7 Å². The number of ether oxygens (including phenoxy) is 2. The third-order valence-electron chi connectivity index (χ3n) is 4.22. The van der Waals surface area contributed by atoms with Crippen molar-refractivity contribution in [2.75, 3.05) is 0 Å². The van der Waals surface area contributed by atoms with E-state index in [1.54, 1.807) is 26.0 Å². The van der Waals surface area contributed by atoms with Crippen molar-refractivity contribution in [3.8, 4) is 16.9 Å². The molecular formula is C24H21FO4. The van der Waals surface area contributed by atoms with E-state index in [2.05, 4.69) is 0 Å². The lowest BCUT2D eigenvalue weighted by atomic mass is 10.0. The molecule has 0 heterocycles. The normalized spacial score (nSPS) is 10.7. The number of benzene rings is 3. The first-order valence-corrected chi connectivity index (χ1v) is 9.23. The van der Waals surface area contributed by atoms with Gasteiger partial charge < -0.3 is 9.47 Å². The molecule has 3 rings (SSSR count). The minimum atomic E-state index is -0.812. The van der Waals surface area contributed by atoms with Gasteiger partial charge in [-0.3, -0.25) is 0 Å². The number of hydrogen-bond donors (Lipinski definition) is 0. The Hall–Kier alpha value is -3.47. The van der Waals surface area contributed by atoms with Gasteiger partial charge in [0.2, 0.25) is 0 Å². The van der Waals surface area contributed by atoms with Crippen LogP contribution in [0.5, 0.6) is 5.75 Å². The highest BCUT2D eigenvalue weighted by Crippen LogP contribution is 2.23. The van der Waals surface area contributed by atoms with Crippen LogP contribution in [0.15, 0.2) is 66.7 Å². The second-order valence-electron chi connectivity index (χ2n) is 6.93. The highest BCUT2D eigenvalue weighted by molar-refractivity contribution is 5.92. The molecule has 4 nitrogen and oxygen atoms in total. The van der Waals surface area contributed by atoms with E-state index in [0.29, 0.717) is 5.56 Å². The van der Waals surface area contributed by atoms with E-state index in [1.165, 1.54) is 17.7 Å². The fraction of sp³-hybridized carbons (Fsp3) is 0.167. The first kappa shape index (κ1) is 20.3.